The van der Waals surface area contributed by atoms with Crippen LogP contribution >= 0.6 is 11.6 Å². The molecular weight excluding hydrogens is 402 g/mol. The fourth-order valence-corrected chi connectivity index (χ4v) is 4.25. The first kappa shape index (κ1) is 18.4. The van der Waals surface area contributed by atoms with E-state index in [-0.39, 0.29) is 42.5 Å². The van der Waals surface area contributed by atoms with Crippen molar-refractivity contribution in [3.05, 3.63) is 52.1 Å². The van der Waals surface area contributed by atoms with E-state index < -0.39 is 29.2 Å². The Labute approximate surface area is 170 Å². The van der Waals surface area contributed by atoms with E-state index in [9.17, 15) is 14.0 Å². The minimum atomic E-state index is -1.23. The molecule has 150 valence electrons. The number of fused-ring (bicyclic) bond motifs is 2. The van der Waals surface area contributed by atoms with Crippen molar-refractivity contribution in [1.29, 1.82) is 0 Å². The summed E-state index contributed by atoms with van der Waals surface area (Å²) in [5, 5.41) is 2.80. The van der Waals surface area contributed by atoms with Crippen LogP contribution in [0.25, 0.3) is 0 Å². The van der Waals surface area contributed by atoms with E-state index in [4.69, 9.17) is 11.6 Å². The van der Waals surface area contributed by atoms with Gasteiger partial charge < -0.3 is 4.90 Å². The molecule has 2 amide bonds. The Morgan fingerprint density at radius 2 is 2.00 bits per heavy atom. The van der Waals surface area contributed by atoms with Gasteiger partial charge in [-0.25, -0.2) is 18.7 Å². The van der Waals surface area contributed by atoms with Gasteiger partial charge in [0.15, 0.2) is 0 Å². The maximum absolute atomic E-state index is 15.2. The number of rotatable bonds is 4. The van der Waals surface area contributed by atoms with Crippen LogP contribution in [0.2, 0.25) is 5.02 Å². The highest BCUT2D eigenvalue weighted by Crippen LogP contribution is 2.56. The van der Waals surface area contributed by atoms with Gasteiger partial charge in [0.05, 0.1) is 22.8 Å². The van der Waals surface area contributed by atoms with Gasteiger partial charge in [-0.3, -0.25) is 14.9 Å². The Balaban J connectivity index is 1.41. The van der Waals surface area contributed by atoms with Crippen LogP contribution in [-0.4, -0.2) is 45.9 Å². The molecule has 2 aliphatic carbocycles. The number of carbonyl (C=O) groups is 2. The molecule has 2 saturated carbocycles. The van der Waals surface area contributed by atoms with Crippen LogP contribution in [0.3, 0.4) is 0 Å². The van der Waals surface area contributed by atoms with Crippen molar-refractivity contribution in [2.24, 2.45) is 0 Å². The highest BCUT2D eigenvalue weighted by Gasteiger charge is 2.62. The van der Waals surface area contributed by atoms with Gasteiger partial charge in [0.1, 0.15) is 18.5 Å². The Morgan fingerprint density at radius 3 is 2.62 bits per heavy atom. The second-order valence-electron chi connectivity index (χ2n) is 7.93. The van der Waals surface area contributed by atoms with Gasteiger partial charge >= 0.3 is 0 Å². The van der Waals surface area contributed by atoms with E-state index in [1.54, 1.807) is 12.1 Å². The molecule has 1 N–H and O–H groups in total. The fourth-order valence-electron chi connectivity index (χ4n) is 4.15. The molecule has 0 radical (unpaired) electrons. The average molecular weight is 419 g/mol. The quantitative estimate of drug-likeness (QED) is 0.827. The van der Waals surface area contributed by atoms with E-state index >= 15 is 4.39 Å². The van der Waals surface area contributed by atoms with E-state index in [0.717, 1.165) is 12.8 Å². The Morgan fingerprint density at radius 1 is 1.31 bits per heavy atom. The normalized spacial score (nSPS) is 25.1. The molecule has 1 aromatic carbocycles. The minimum absolute atomic E-state index is 0.0278. The first-order chi connectivity index (χ1) is 13.9. The highest BCUT2D eigenvalue weighted by atomic mass is 35.5. The van der Waals surface area contributed by atoms with Crippen LogP contribution in [0.4, 0.5) is 14.7 Å². The number of hydrogen-bond acceptors (Lipinski definition) is 4. The maximum atomic E-state index is 15.2. The molecule has 2 atom stereocenters. The molecule has 6 nitrogen and oxygen atoms in total. The van der Waals surface area contributed by atoms with Crippen molar-refractivity contribution in [1.82, 2.24) is 14.9 Å². The molecule has 2 heterocycles. The predicted molar refractivity (Wildman–Crippen MR) is 101 cm³/mol. The SMILES string of the molecule is O=C(CN1C[C@]2(C[C@@H]2F)c2c(ccc(C3CC3)c2F)C1=O)Nc1ncc(Cl)cn1. The minimum Gasteiger partial charge on any atom is -0.328 e. The highest BCUT2D eigenvalue weighted by molar-refractivity contribution is 6.30. The average Bonchev–Trinajstić information content (AvgIpc) is 3.60. The number of amides is 2. The summed E-state index contributed by atoms with van der Waals surface area (Å²) in [6.07, 6.45) is 3.41. The van der Waals surface area contributed by atoms with Crippen LogP contribution in [0.5, 0.6) is 0 Å². The number of carbonyl (C=O) groups excluding carboxylic acids is 2. The van der Waals surface area contributed by atoms with E-state index in [0.29, 0.717) is 10.6 Å². The van der Waals surface area contributed by atoms with Crippen LogP contribution < -0.4 is 5.32 Å². The van der Waals surface area contributed by atoms with Crippen LogP contribution in [-0.2, 0) is 10.2 Å². The first-order valence-electron chi connectivity index (χ1n) is 9.42. The third kappa shape index (κ3) is 3.06. The summed E-state index contributed by atoms with van der Waals surface area (Å²) >= 11 is 5.71. The molecule has 0 saturated heterocycles. The third-order valence-electron chi connectivity index (χ3n) is 5.87. The van der Waals surface area contributed by atoms with Gasteiger partial charge in [0, 0.05) is 17.7 Å². The molecule has 1 spiro atoms. The van der Waals surface area contributed by atoms with Crippen molar-refractivity contribution in [2.75, 3.05) is 18.4 Å². The smallest absolute Gasteiger partial charge is 0.254 e. The Kier molecular flexibility index (Phi) is 4.10. The van der Waals surface area contributed by atoms with Crippen LogP contribution in [0.15, 0.2) is 24.5 Å². The molecule has 2 aromatic rings. The summed E-state index contributed by atoms with van der Waals surface area (Å²) in [6, 6.07) is 3.20. The van der Waals surface area contributed by atoms with Gasteiger partial charge in [-0.2, -0.15) is 0 Å². The van der Waals surface area contributed by atoms with Crippen molar-refractivity contribution >= 4 is 29.4 Å². The Hall–Kier alpha value is -2.61. The summed E-state index contributed by atoms with van der Waals surface area (Å²) in [6.45, 7) is -0.329. The van der Waals surface area contributed by atoms with Crippen LogP contribution in [0.1, 0.15) is 46.7 Å². The van der Waals surface area contributed by atoms with Gasteiger partial charge in [-0.05, 0) is 36.8 Å². The van der Waals surface area contributed by atoms with Gasteiger partial charge in [0.25, 0.3) is 5.91 Å². The second-order valence-corrected chi connectivity index (χ2v) is 8.36. The number of hydrogen-bond donors (Lipinski definition) is 1. The van der Waals surface area contributed by atoms with E-state index in [1.165, 1.54) is 17.3 Å². The van der Waals surface area contributed by atoms with Crippen molar-refractivity contribution in [3.63, 3.8) is 0 Å². The molecule has 0 bridgehead atoms. The zero-order valence-corrected chi connectivity index (χ0v) is 16.0. The van der Waals surface area contributed by atoms with E-state index in [2.05, 4.69) is 15.3 Å². The van der Waals surface area contributed by atoms with Crippen molar-refractivity contribution in [2.45, 2.75) is 36.8 Å². The first-order valence-corrected chi connectivity index (χ1v) is 9.80. The number of anilines is 1. The summed E-state index contributed by atoms with van der Waals surface area (Å²) in [5.74, 6) is -1.23. The van der Waals surface area contributed by atoms with Gasteiger partial charge in [-0.1, -0.05) is 17.7 Å². The zero-order valence-electron chi connectivity index (χ0n) is 15.3. The molecule has 3 aliphatic rings. The molecule has 0 unspecified atom stereocenters. The van der Waals surface area contributed by atoms with Crippen LogP contribution in [0, 0.1) is 5.82 Å². The zero-order chi connectivity index (χ0) is 20.3. The summed E-state index contributed by atoms with van der Waals surface area (Å²) in [4.78, 5) is 34.3. The maximum Gasteiger partial charge on any atom is 0.254 e. The number of nitrogens with one attached hydrogen (secondary N) is 1. The molecule has 29 heavy (non-hydrogen) atoms. The summed E-state index contributed by atoms with van der Waals surface area (Å²) in [7, 11) is 0. The molecule has 9 heteroatoms. The predicted octanol–water partition coefficient (Wildman–Crippen LogP) is 3.22. The molecular formula is C20H17ClF2N4O2. The number of alkyl halides is 1. The standard InChI is InChI=1S/C20H17ClF2N4O2/c21-11-6-24-19(25-7-11)26-15(28)8-27-9-20(5-14(20)22)16-13(18(27)29)4-3-12(17(16)23)10-1-2-10/h3-4,6-7,10,14H,1-2,5,8-9H2,(H,24,25,26,28)/t14-,20-/m0/s1. The van der Waals surface area contributed by atoms with Crippen molar-refractivity contribution in [3.8, 4) is 0 Å². The number of benzene rings is 1. The van der Waals surface area contributed by atoms with Crippen molar-refractivity contribution < 1.29 is 18.4 Å². The number of aromatic nitrogens is 2. The Bertz CT molecular complexity index is 1030. The number of nitrogens with zero attached hydrogens (tertiary/aromatic N) is 3. The third-order valence-corrected chi connectivity index (χ3v) is 6.06. The van der Waals surface area contributed by atoms with E-state index in [1.807, 2.05) is 0 Å². The number of halogens is 3. The lowest BCUT2D eigenvalue weighted by Crippen LogP contribution is -2.48. The largest absolute Gasteiger partial charge is 0.328 e. The molecule has 5 rings (SSSR count). The van der Waals surface area contributed by atoms with Gasteiger partial charge in [0.2, 0.25) is 11.9 Å². The lowest BCUT2D eigenvalue weighted by atomic mass is 9.83. The summed E-state index contributed by atoms with van der Waals surface area (Å²) < 4.78 is 29.6. The lowest BCUT2D eigenvalue weighted by molar-refractivity contribution is -0.117. The second kappa shape index (κ2) is 6.45. The summed E-state index contributed by atoms with van der Waals surface area (Å²) in [5.41, 5.74) is -0.151. The topological polar surface area (TPSA) is 75.2 Å². The fraction of sp³-hybridized carbons (Fsp3) is 0.400. The lowest BCUT2D eigenvalue weighted by Gasteiger charge is -2.35. The molecule has 1 aliphatic heterocycles. The van der Waals surface area contributed by atoms with Gasteiger partial charge in [-0.15, -0.1) is 0 Å². The molecule has 1 aromatic heterocycles. The molecule has 2 fully saturated rings. The monoisotopic (exact) mass is 418 g/mol.